The minimum Gasteiger partial charge on any atom is -0.316 e. The van der Waals surface area contributed by atoms with E-state index in [0.717, 1.165) is 11.8 Å². The van der Waals surface area contributed by atoms with Gasteiger partial charge in [-0.1, -0.05) is 20.3 Å². The molecule has 1 saturated carbocycles. The lowest BCUT2D eigenvalue weighted by molar-refractivity contribution is 0.127. The largest absolute Gasteiger partial charge is 0.316 e. The van der Waals surface area contributed by atoms with Gasteiger partial charge in [0, 0.05) is 32.7 Å². The van der Waals surface area contributed by atoms with Gasteiger partial charge in [-0.15, -0.1) is 0 Å². The highest BCUT2D eigenvalue weighted by Crippen LogP contribution is 2.29. The molecule has 118 valence electrons. The first-order chi connectivity index (χ1) is 9.74. The number of hydrogen-bond acceptors (Lipinski definition) is 3. The smallest absolute Gasteiger partial charge is 0.0110 e. The molecule has 0 bridgehead atoms. The molecule has 2 rings (SSSR count). The van der Waals surface area contributed by atoms with Gasteiger partial charge in [0.15, 0.2) is 0 Å². The van der Waals surface area contributed by atoms with E-state index >= 15 is 0 Å². The highest BCUT2D eigenvalue weighted by molar-refractivity contribution is 4.80. The maximum atomic E-state index is 3.53. The standard InChI is InChI=1S/C17H35N3/c1-16(2)14-18-8-4-3-5-9-19-10-12-20(13-11-19)15-17-6-7-17/h16-18H,3-15H2,1-2H3. The van der Waals surface area contributed by atoms with Crippen LogP contribution in [0.5, 0.6) is 0 Å². The molecule has 20 heavy (non-hydrogen) atoms. The Hall–Kier alpha value is -0.120. The summed E-state index contributed by atoms with van der Waals surface area (Å²) in [6.07, 6.45) is 7.09. The van der Waals surface area contributed by atoms with Crippen LogP contribution >= 0.6 is 0 Å². The molecule has 3 heteroatoms. The molecule has 1 heterocycles. The van der Waals surface area contributed by atoms with Crippen molar-refractivity contribution >= 4 is 0 Å². The van der Waals surface area contributed by atoms with Crippen molar-refractivity contribution in [2.75, 3.05) is 52.4 Å². The van der Waals surface area contributed by atoms with Gasteiger partial charge in [0.2, 0.25) is 0 Å². The Morgan fingerprint density at radius 2 is 1.65 bits per heavy atom. The Morgan fingerprint density at radius 1 is 0.950 bits per heavy atom. The molecule has 1 saturated heterocycles. The summed E-state index contributed by atoms with van der Waals surface area (Å²) in [5, 5.41) is 3.53. The van der Waals surface area contributed by atoms with Crippen LogP contribution in [0.25, 0.3) is 0 Å². The van der Waals surface area contributed by atoms with Crippen LogP contribution in [0.4, 0.5) is 0 Å². The molecule has 0 amide bonds. The quantitative estimate of drug-likeness (QED) is 0.621. The molecule has 1 aliphatic carbocycles. The summed E-state index contributed by atoms with van der Waals surface area (Å²) >= 11 is 0. The fourth-order valence-electron chi connectivity index (χ4n) is 3.01. The van der Waals surface area contributed by atoms with E-state index in [1.54, 1.807) is 0 Å². The van der Waals surface area contributed by atoms with Crippen LogP contribution in [0.15, 0.2) is 0 Å². The fraction of sp³-hybridized carbons (Fsp3) is 1.00. The predicted molar refractivity (Wildman–Crippen MR) is 87.2 cm³/mol. The van der Waals surface area contributed by atoms with Crippen LogP contribution < -0.4 is 5.32 Å². The summed E-state index contributed by atoms with van der Waals surface area (Å²) in [6.45, 7) is 14.9. The summed E-state index contributed by atoms with van der Waals surface area (Å²) in [6, 6.07) is 0. The van der Waals surface area contributed by atoms with E-state index in [9.17, 15) is 0 Å². The van der Waals surface area contributed by atoms with Gasteiger partial charge in [-0.25, -0.2) is 0 Å². The third kappa shape index (κ3) is 7.05. The Kier molecular flexibility index (Phi) is 7.32. The minimum absolute atomic E-state index is 0.780. The van der Waals surface area contributed by atoms with Crippen LogP contribution in [-0.2, 0) is 0 Å². The maximum absolute atomic E-state index is 3.53. The molecule has 0 radical (unpaired) electrons. The van der Waals surface area contributed by atoms with Gasteiger partial charge in [-0.3, -0.25) is 0 Å². The van der Waals surface area contributed by atoms with Crippen molar-refractivity contribution < 1.29 is 0 Å². The number of hydrogen-bond donors (Lipinski definition) is 1. The lowest BCUT2D eigenvalue weighted by atomic mass is 10.2. The molecular weight excluding hydrogens is 246 g/mol. The number of rotatable bonds is 10. The zero-order valence-corrected chi connectivity index (χ0v) is 13.7. The zero-order chi connectivity index (χ0) is 14.2. The Morgan fingerprint density at radius 3 is 2.30 bits per heavy atom. The van der Waals surface area contributed by atoms with Gasteiger partial charge in [-0.05, 0) is 57.2 Å². The van der Waals surface area contributed by atoms with Crippen LogP contribution in [-0.4, -0.2) is 62.2 Å². The van der Waals surface area contributed by atoms with Crippen molar-refractivity contribution in [3.63, 3.8) is 0 Å². The number of unbranched alkanes of at least 4 members (excludes halogenated alkanes) is 2. The van der Waals surface area contributed by atoms with Crippen molar-refractivity contribution in [3.05, 3.63) is 0 Å². The van der Waals surface area contributed by atoms with E-state index in [4.69, 9.17) is 0 Å². The zero-order valence-electron chi connectivity index (χ0n) is 13.7. The molecule has 0 spiro atoms. The second-order valence-electron chi connectivity index (χ2n) is 7.24. The third-order valence-corrected chi connectivity index (χ3v) is 4.56. The van der Waals surface area contributed by atoms with E-state index in [1.165, 1.54) is 84.5 Å². The van der Waals surface area contributed by atoms with Crippen molar-refractivity contribution in [1.29, 1.82) is 0 Å². The van der Waals surface area contributed by atoms with Gasteiger partial charge in [0.05, 0.1) is 0 Å². The van der Waals surface area contributed by atoms with E-state index in [0.29, 0.717) is 0 Å². The van der Waals surface area contributed by atoms with Crippen LogP contribution in [0, 0.1) is 11.8 Å². The van der Waals surface area contributed by atoms with Gasteiger partial charge < -0.3 is 15.1 Å². The normalized spacial score (nSPS) is 21.8. The van der Waals surface area contributed by atoms with Crippen molar-refractivity contribution in [2.45, 2.75) is 46.0 Å². The average molecular weight is 281 g/mol. The third-order valence-electron chi connectivity index (χ3n) is 4.56. The Balaban J connectivity index is 1.39. The van der Waals surface area contributed by atoms with Gasteiger partial charge in [0.1, 0.15) is 0 Å². The number of nitrogens with one attached hydrogen (secondary N) is 1. The second-order valence-corrected chi connectivity index (χ2v) is 7.24. The molecule has 0 unspecified atom stereocenters. The highest BCUT2D eigenvalue weighted by atomic mass is 15.3. The first-order valence-electron chi connectivity index (χ1n) is 8.89. The predicted octanol–water partition coefficient (Wildman–Crippen LogP) is 2.43. The lowest BCUT2D eigenvalue weighted by Gasteiger charge is -2.34. The first kappa shape index (κ1) is 16.3. The number of nitrogens with zero attached hydrogens (tertiary/aromatic N) is 2. The Bertz CT molecular complexity index is 243. The van der Waals surface area contributed by atoms with Crippen molar-refractivity contribution in [1.82, 2.24) is 15.1 Å². The molecule has 0 aromatic heterocycles. The van der Waals surface area contributed by atoms with Crippen LogP contribution in [0.3, 0.4) is 0 Å². The van der Waals surface area contributed by atoms with Crippen LogP contribution in [0.2, 0.25) is 0 Å². The average Bonchev–Trinajstić information content (AvgIpc) is 3.23. The van der Waals surface area contributed by atoms with E-state index in [1.807, 2.05) is 0 Å². The molecule has 0 aromatic rings. The number of piperazine rings is 1. The second kappa shape index (κ2) is 9.01. The maximum Gasteiger partial charge on any atom is 0.0110 e. The first-order valence-corrected chi connectivity index (χ1v) is 8.89. The molecule has 1 aliphatic heterocycles. The molecule has 0 aromatic carbocycles. The monoisotopic (exact) mass is 281 g/mol. The molecule has 2 fully saturated rings. The van der Waals surface area contributed by atoms with Gasteiger partial charge in [-0.2, -0.15) is 0 Å². The van der Waals surface area contributed by atoms with Gasteiger partial charge in [0.25, 0.3) is 0 Å². The van der Waals surface area contributed by atoms with Crippen molar-refractivity contribution in [2.24, 2.45) is 11.8 Å². The van der Waals surface area contributed by atoms with E-state index in [-0.39, 0.29) is 0 Å². The van der Waals surface area contributed by atoms with E-state index < -0.39 is 0 Å². The Labute approximate surface area is 126 Å². The summed E-state index contributed by atoms with van der Waals surface area (Å²) in [5.41, 5.74) is 0. The molecule has 1 N–H and O–H groups in total. The molecular formula is C17H35N3. The molecule has 2 aliphatic rings. The summed E-state index contributed by atoms with van der Waals surface area (Å²) in [4.78, 5) is 5.36. The summed E-state index contributed by atoms with van der Waals surface area (Å²) in [7, 11) is 0. The molecule has 3 nitrogen and oxygen atoms in total. The fourth-order valence-corrected chi connectivity index (χ4v) is 3.01. The van der Waals surface area contributed by atoms with Crippen molar-refractivity contribution in [3.8, 4) is 0 Å². The van der Waals surface area contributed by atoms with Gasteiger partial charge >= 0.3 is 0 Å². The van der Waals surface area contributed by atoms with E-state index in [2.05, 4.69) is 29.0 Å². The lowest BCUT2D eigenvalue weighted by Crippen LogP contribution is -2.47. The summed E-state index contributed by atoms with van der Waals surface area (Å²) < 4.78 is 0. The topological polar surface area (TPSA) is 18.5 Å². The molecule has 0 atom stereocenters. The summed E-state index contributed by atoms with van der Waals surface area (Å²) in [5.74, 6) is 1.84. The highest BCUT2D eigenvalue weighted by Gasteiger charge is 2.26. The van der Waals surface area contributed by atoms with Crippen LogP contribution in [0.1, 0.15) is 46.0 Å². The minimum atomic E-state index is 0.780. The SMILES string of the molecule is CC(C)CNCCCCCN1CCN(CC2CC2)CC1.